The zero-order valence-corrected chi connectivity index (χ0v) is 29.9. The molecule has 0 amide bonds. The lowest BCUT2D eigenvalue weighted by atomic mass is 9.99. The molecule has 15 heteroatoms. The molecule has 266 valence electrons. The molecule has 0 spiro atoms. The van der Waals surface area contributed by atoms with Crippen molar-refractivity contribution in [2.24, 2.45) is 0 Å². The predicted molar refractivity (Wildman–Crippen MR) is 195 cm³/mol. The number of ether oxygens (including phenoxy) is 1. The minimum atomic E-state index is -3.65. The van der Waals surface area contributed by atoms with E-state index in [1.165, 1.54) is 17.5 Å². The molecule has 0 atom stereocenters. The second-order valence-corrected chi connectivity index (χ2v) is 15.6. The average Bonchev–Trinajstić information content (AvgIpc) is 4.00. The van der Waals surface area contributed by atoms with E-state index in [-0.39, 0.29) is 17.5 Å². The van der Waals surface area contributed by atoms with E-state index < -0.39 is 21.1 Å². The molecule has 3 fully saturated rings. The molecule has 7 rings (SSSR count). The van der Waals surface area contributed by atoms with Crippen molar-refractivity contribution in [3.05, 3.63) is 54.2 Å². The maximum Gasteiger partial charge on any atom is 0.237 e. The van der Waals surface area contributed by atoms with Gasteiger partial charge in [-0.2, -0.15) is 4.98 Å². The van der Waals surface area contributed by atoms with Crippen LogP contribution in [-0.4, -0.2) is 110 Å². The van der Waals surface area contributed by atoms with Crippen molar-refractivity contribution in [3.63, 3.8) is 0 Å². The predicted octanol–water partition coefficient (Wildman–Crippen LogP) is 4.76. The number of halogens is 1. The largest absolute Gasteiger partial charge is 0.494 e. The molecule has 4 aromatic rings. The van der Waals surface area contributed by atoms with Gasteiger partial charge in [-0.3, -0.25) is 19.2 Å². The number of piperidine rings is 1. The van der Waals surface area contributed by atoms with Crippen molar-refractivity contribution in [2.75, 3.05) is 80.3 Å². The number of likely N-dealkylation sites (N-methyl/N-ethyl adjacent to an activating group) is 1. The molecule has 2 aromatic heterocycles. The number of sulfonamides is 1. The van der Waals surface area contributed by atoms with Crippen LogP contribution in [0.5, 0.6) is 5.75 Å². The number of piperazine rings is 1. The van der Waals surface area contributed by atoms with Gasteiger partial charge in [0.05, 0.1) is 35.4 Å². The zero-order chi connectivity index (χ0) is 35.0. The Labute approximate surface area is 292 Å². The number of methoxy groups -OCH3 is 1. The van der Waals surface area contributed by atoms with Crippen LogP contribution in [0.4, 0.5) is 38.9 Å². The van der Waals surface area contributed by atoms with Gasteiger partial charge < -0.3 is 25.2 Å². The summed E-state index contributed by atoms with van der Waals surface area (Å²) in [7, 11) is 1.66. The monoisotopic (exact) mass is 704 g/mol. The molecule has 2 N–H and O–H groups in total. The Hall–Kier alpha value is -4.34. The SMILES string of the molecule is CCc1cc(Nc2ncc(F)c(Nc3ccc4nccnc4c3N(C)S(=O)(=O)C3CC3)n2)c(OC)cc1N1CCC(N2CCN(C)CC2)CC1. The van der Waals surface area contributed by atoms with Crippen molar-refractivity contribution in [1.82, 2.24) is 29.7 Å². The molecule has 2 aromatic carbocycles. The first kappa shape index (κ1) is 34.1. The lowest BCUT2D eigenvalue weighted by Crippen LogP contribution is -2.52. The van der Waals surface area contributed by atoms with Crippen LogP contribution >= 0.6 is 0 Å². The maximum absolute atomic E-state index is 15.3. The fraction of sp³-hybridized carbons (Fsp3) is 0.486. The second kappa shape index (κ2) is 14.1. The van der Waals surface area contributed by atoms with Crippen LogP contribution in [0, 0.1) is 5.82 Å². The summed E-state index contributed by atoms with van der Waals surface area (Å²) >= 11 is 0. The topological polar surface area (TPSA) is 132 Å². The number of fused-ring (bicyclic) bond motifs is 1. The van der Waals surface area contributed by atoms with Crippen LogP contribution < -0.4 is 24.6 Å². The third-order valence-corrected chi connectivity index (χ3v) is 12.4. The third-order valence-electron chi connectivity index (χ3n) is 10.1. The number of hydrogen-bond donors (Lipinski definition) is 2. The molecule has 0 unspecified atom stereocenters. The van der Waals surface area contributed by atoms with Gasteiger partial charge in [0.2, 0.25) is 16.0 Å². The van der Waals surface area contributed by atoms with Gasteiger partial charge in [-0.15, -0.1) is 0 Å². The van der Waals surface area contributed by atoms with Crippen LogP contribution in [0.1, 0.15) is 38.2 Å². The number of hydrogen-bond acceptors (Lipinski definition) is 12. The van der Waals surface area contributed by atoms with E-state index >= 15 is 4.39 Å². The van der Waals surface area contributed by atoms with Gasteiger partial charge in [-0.25, -0.2) is 17.8 Å². The fourth-order valence-electron chi connectivity index (χ4n) is 7.04. The Morgan fingerprint density at radius 2 is 1.70 bits per heavy atom. The van der Waals surface area contributed by atoms with Crippen LogP contribution in [0.2, 0.25) is 0 Å². The summed E-state index contributed by atoms with van der Waals surface area (Å²) in [5.74, 6) is -0.0529. The quantitative estimate of drug-likeness (QED) is 0.223. The van der Waals surface area contributed by atoms with Gasteiger partial charge in [0.1, 0.15) is 17.0 Å². The van der Waals surface area contributed by atoms with E-state index in [4.69, 9.17) is 4.74 Å². The van der Waals surface area contributed by atoms with Crippen molar-refractivity contribution in [3.8, 4) is 5.75 Å². The minimum Gasteiger partial charge on any atom is -0.494 e. The number of nitrogens with one attached hydrogen (secondary N) is 2. The van der Waals surface area contributed by atoms with Gasteiger partial charge in [-0.1, -0.05) is 6.92 Å². The van der Waals surface area contributed by atoms with Crippen LogP contribution in [-0.2, 0) is 16.4 Å². The fourth-order valence-corrected chi connectivity index (χ4v) is 8.66. The number of nitrogens with zero attached hydrogens (tertiary/aromatic N) is 8. The van der Waals surface area contributed by atoms with Gasteiger partial charge in [0.15, 0.2) is 11.6 Å². The Bertz CT molecular complexity index is 1960. The van der Waals surface area contributed by atoms with E-state index in [0.717, 1.165) is 76.0 Å². The zero-order valence-electron chi connectivity index (χ0n) is 29.1. The van der Waals surface area contributed by atoms with Crippen LogP contribution in [0.25, 0.3) is 11.0 Å². The van der Waals surface area contributed by atoms with E-state index in [1.807, 2.05) is 0 Å². The Kier molecular flexibility index (Phi) is 9.63. The van der Waals surface area contributed by atoms with Crippen LogP contribution in [0.3, 0.4) is 0 Å². The lowest BCUT2D eigenvalue weighted by Gasteiger charge is -2.43. The molecule has 3 aliphatic rings. The first-order chi connectivity index (χ1) is 24.2. The van der Waals surface area contributed by atoms with E-state index in [9.17, 15) is 8.42 Å². The normalized spacial score (nSPS) is 18.0. The highest BCUT2D eigenvalue weighted by molar-refractivity contribution is 7.93. The highest BCUT2D eigenvalue weighted by Gasteiger charge is 2.40. The highest BCUT2D eigenvalue weighted by atomic mass is 32.2. The lowest BCUT2D eigenvalue weighted by molar-refractivity contribution is 0.0982. The molecule has 1 saturated carbocycles. The van der Waals surface area contributed by atoms with E-state index in [1.54, 1.807) is 25.4 Å². The first-order valence-electron chi connectivity index (χ1n) is 17.3. The summed E-state index contributed by atoms with van der Waals surface area (Å²) in [4.78, 5) is 25.0. The van der Waals surface area contributed by atoms with Gasteiger partial charge in [0, 0.05) is 76.5 Å². The van der Waals surface area contributed by atoms with E-state index in [0.29, 0.717) is 47.0 Å². The molecular weight excluding hydrogens is 660 g/mol. The van der Waals surface area contributed by atoms with Gasteiger partial charge >= 0.3 is 0 Å². The summed E-state index contributed by atoms with van der Waals surface area (Å²) in [6.45, 7) is 8.62. The second-order valence-electron chi connectivity index (χ2n) is 13.3. The number of aryl methyl sites for hydroxylation is 1. The molecule has 0 radical (unpaired) electrons. The Morgan fingerprint density at radius 1 is 0.960 bits per heavy atom. The smallest absolute Gasteiger partial charge is 0.237 e. The molecule has 0 bridgehead atoms. The molecule has 2 aliphatic heterocycles. The van der Waals surface area contributed by atoms with Crippen molar-refractivity contribution in [1.29, 1.82) is 0 Å². The number of rotatable bonds is 11. The average molecular weight is 705 g/mol. The Morgan fingerprint density at radius 3 is 2.40 bits per heavy atom. The number of anilines is 6. The summed E-state index contributed by atoms with van der Waals surface area (Å²) in [5, 5.41) is 5.80. The van der Waals surface area contributed by atoms with Crippen molar-refractivity contribution in [2.45, 2.75) is 50.3 Å². The molecule has 1 aliphatic carbocycles. The van der Waals surface area contributed by atoms with Crippen molar-refractivity contribution >= 4 is 55.6 Å². The standard InChI is InChI=1S/C35H45FN10O3S/c1-5-23-20-29(31(49-4)21-30(23)46-14-10-24(11-15-46)45-18-16-43(2)17-19-45)41-35-39-22-26(36)34(42-35)40-28-9-8-27-32(38-13-12-37-27)33(28)44(3)50(47,48)25-6-7-25/h8-9,12-13,20-22,24-25H,5-7,10-11,14-19H2,1-4H3,(H2,39,40,41,42). The maximum atomic E-state index is 15.3. The molecule has 50 heavy (non-hydrogen) atoms. The molecule has 4 heterocycles. The molecule has 2 saturated heterocycles. The third kappa shape index (κ3) is 6.86. The molecular formula is C35H45FN10O3S. The van der Waals surface area contributed by atoms with E-state index in [2.05, 4.69) is 71.4 Å². The summed E-state index contributed by atoms with van der Waals surface area (Å²) < 4.78 is 49.0. The first-order valence-corrected chi connectivity index (χ1v) is 18.8. The number of aromatic nitrogens is 4. The van der Waals surface area contributed by atoms with Crippen LogP contribution in [0.15, 0.2) is 42.9 Å². The highest BCUT2D eigenvalue weighted by Crippen LogP contribution is 2.41. The minimum absolute atomic E-state index is 0.126. The van der Waals surface area contributed by atoms with Gasteiger partial charge in [0.25, 0.3) is 0 Å². The number of benzene rings is 2. The summed E-state index contributed by atoms with van der Waals surface area (Å²) in [6, 6.07) is 8.10. The van der Waals surface area contributed by atoms with Gasteiger partial charge in [-0.05, 0) is 62.9 Å². The summed E-state index contributed by atoms with van der Waals surface area (Å²) in [5.41, 5.74) is 4.46. The summed E-state index contributed by atoms with van der Waals surface area (Å²) in [6.07, 6.45) is 8.38. The molecule has 13 nitrogen and oxygen atoms in total. The van der Waals surface area contributed by atoms with Crippen molar-refractivity contribution < 1.29 is 17.5 Å². The Balaban J connectivity index is 1.13.